The van der Waals surface area contributed by atoms with E-state index in [0.717, 1.165) is 5.70 Å². The molecule has 0 amide bonds. The van der Waals surface area contributed by atoms with Crippen LogP contribution >= 0.6 is 0 Å². The Morgan fingerprint density at radius 1 is 1.27 bits per heavy atom. The Hall–Kier alpha value is -1.24. The molecule has 0 radical (unpaired) electrons. The summed E-state index contributed by atoms with van der Waals surface area (Å²) < 4.78 is 0. The Morgan fingerprint density at radius 3 is 2.53 bits per heavy atom. The zero-order valence-corrected chi connectivity index (χ0v) is 9.64. The van der Waals surface area contributed by atoms with Crippen molar-refractivity contribution in [3.05, 3.63) is 41.5 Å². The molecule has 1 N–H and O–H groups in total. The largest absolute Gasteiger partial charge is 0.382 e. The average molecular weight is 201 g/mol. The summed E-state index contributed by atoms with van der Waals surface area (Å²) in [6, 6.07) is 7.19. The van der Waals surface area contributed by atoms with Crippen molar-refractivity contribution in [3.63, 3.8) is 0 Å². The molecular weight excluding hydrogens is 182 g/mol. The van der Waals surface area contributed by atoms with Crippen LogP contribution in [-0.2, 0) is 0 Å². The Balaban J connectivity index is 2.07. The second kappa shape index (κ2) is 4.09. The topological polar surface area (TPSA) is 12.0 Å². The number of nitrogens with one attached hydrogen (secondary N) is 1. The standard InChI is InChI=1S/C14H19N/c1-10-7-8-13(9-11(10)2)12(3)15-14-5-4-6-14/h7-9,14-15H,3-6H2,1-2H3. The van der Waals surface area contributed by atoms with Gasteiger partial charge in [0, 0.05) is 11.7 Å². The normalized spacial score (nSPS) is 15.9. The molecule has 0 atom stereocenters. The highest BCUT2D eigenvalue weighted by Crippen LogP contribution is 2.22. The van der Waals surface area contributed by atoms with Crippen molar-refractivity contribution < 1.29 is 0 Å². The summed E-state index contributed by atoms with van der Waals surface area (Å²) in [5.41, 5.74) is 4.98. The molecule has 1 aliphatic carbocycles. The van der Waals surface area contributed by atoms with Crippen molar-refractivity contribution in [1.82, 2.24) is 5.32 Å². The van der Waals surface area contributed by atoms with E-state index in [-0.39, 0.29) is 0 Å². The summed E-state index contributed by atoms with van der Waals surface area (Å²) in [5.74, 6) is 0. The van der Waals surface area contributed by atoms with Crippen molar-refractivity contribution in [2.24, 2.45) is 0 Å². The molecule has 0 bridgehead atoms. The van der Waals surface area contributed by atoms with Crippen molar-refractivity contribution in [2.75, 3.05) is 0 Å². The van der Waals surface area contributed by atoms with Gasteiger partial charge in [-0.2, -0.15) is 0 Å². The van der Waals surface area contributed by atoms with Crippen LogP contribution in [0.15, 0.2) is 24.8 Å². The zero-order chi connectivity index (χ0) is 10.8. The van der Waals surface area contributed by atoms with Crippen molar-refractivity contribution >= 4 is 5.70 Å². The fraction of sp³-hybridized carbons (Fsp3) is 0.429. The van der Waals surface area contributed by atoms with Crippen molar-refractivity contribution in [2.45, 2.75) is 39.2 Å². The lowest BCUT2D eigenvalue weighted by atomic mass is 9.92. The van der Waals surface area contributed by atoms with Gasteiger partial charge in [0.1, 0.15) is 0 Å². The van der Waals surface area contributed by atoms with Gasteiger partial charge in [-0.1, -0.05) is 18.7 Å². The first-order valence-corrected chi connectivity index (χ1v) is 5.70. The van der Waals surface area contributed by atoms with E-state index in [1.807, 2.05) is 0 Å². The van der Waals surface area contributed by atoms with E-state index >= 15 is 0 Å². The molecule has 0 heterocycles. The number of hydrogen-bond acceptors (Lipinski definition) is 1. The first-order chi connectivity index (χ1) is 7.16. The molecule has 0 unspecified atom stereocenters. The second-order valence-corrected chi connectivity index (χ2v) is 4.55. The van der Waals surface area contributed by atoms with E-state index in [1.165, 1.54) is 36.0 Å². The monoisotopic (exact) mass is 201 g/mol. The average Bonchev–Trinajstić information content (AvgIpc) is 2.15. The smallest absolute Gasteiger partial charge is 0.0343 e. The van der Waals surface area contributed by atoms with E-state index in [9.17, 15) is 0 Å². The first-order valence-electron chi connectivity index (χ1n) is 5.70. The van der Waals surface area contributed by atoms with Gasteiger partial charge in [0.05, 0.1) is 0 Å². The minimum absolute atomic E-state index is 0.666. The van der Waals surface area contributed by atoms with Gasteiger partial charge < -0.3 is 5.32 Å². The van der Waals surface area contributed by atoms with Gasteiger partial charge in [0.15, 0.2) is 0 Å². The maximum Gasteiger partial charge on any atom is 0.0343 e. The maximum atomic E-state index is 4.11. The number of aryl methyl sites for hydroxylation is 2. The third-order valence-electron chi connectivity index (χ3n) is 3.34. The van der Waals surface area contributed by atoms with E-state index in [1.54, 1.807) is 0 Å². The molecular formula is C14H19N. The van der Waals surface area contributed by atoms with Gasteiger partial charge in [-0.05, 0) is 55.9 Å². The summed E-state index contributed by atoms with van der Waals surface area (Å²) >= 11 is 0. The lowest BCUT2D eigenvalue weighted by Gasteiger charge is -2.28. The molecule has 0 aliphatic heterocycles. The quantitative estimate of drug-likeness (QED) is 0.790. The highest BCUT2D eigenvalue weighted by Gasteiger charge is 2.17. The molecule has 0 aromatic heterocycles. The Morgan fingerprint density at radius 2 is 2.00 bits per heavy atom. The fourth-order valence-corrected chi connectivity index (χ4v) is 1.81. The van der Waals surface area contributed by atoms with Crippen molar-refractivity contribution in [3.8, 4) is 0 Å². The van der Waals surface area contributed by atoms with Gasteiger partial charge in [0.2, 0.25) is 0 Å². The molecule has 1 aromatic carbocycles. The summed E-state index contributed by atoms with van der Waals surface area (Å²) in [5, 5.41) is 3.48. The lowest BCUT2D eigenvalue weighted by molar-refractivity contribution is 0.378. The molecule has 0 saturated heterocycles. The van der Waals surface area contributed by atoms with Crippen LogP contribution < -0.4 is 5.32 Å². The zero-order valence-electron chi connectivity index (χ0n) is 9.64. The second-order valence-electron chi connectivity index (χ2n) is 4.55. The predicted octanol–water partition coefficient (Wildman–Crippen LogP) is 3.42. The molecule has 1 nitrogen and oxygen atoms in total. The van der Waals surface area contributed by atoms with Gasteiger partial charge in [0.25, 0.3) is 0 Å². The molecule has 1 heteroatoms. The van der Waals surface area contributed by atoms with E-state index in [2.05, 4.69) is 43.9 Å². The number of benzene rings is 1. The molecule has 2 rings (SSSR count). The highest BCUT2D eigenvalue weighted by molar-refractivity contribution is 5.63. The summed E-state index contributed by atoms with van der Waals surface area (Å²) in [7, 11) is 0. The van der Waals surface area contributed by atoms with E-state index in [4.69, 9.17) is 0 Å². The first kappa shape index (κ1) is 10.3. The molecule has 80 valence electrons. The van der Waals surface area contributed by atoms with Crippen LogP contribution in [0.3, 0.4) is 0 Å². The van der Waals surface area contributed by atoms with Gasteiger partial charge >= 0.3 is 0 Å². The SMILES string of the molecule is C=C(NC1CCC1)c1ccc(C)c(C)c1. The molecule has 1 fully saturated rings. The number of rotatable bonds is 3. The van der Waals surface area contributed by atoms with Gasteiger partial charge in [-0.3, -0.25) is 0 Å². The summed E-state index contributed by atoms with van der Waals surface area (Å²) in [6.45, 7) is 8.39. The molecule has 0 spiro atoms. The predicted molar refractivity (Wildman–Crippen MR) is 65.7 cm³/mol. The van der Waals surface area contributed by atoms with Crippen LogP contribution in [0.2, 0.25) is 0 Å². The van der Waals surface area contributed by atoms with E-state index in [0.29, 0.717) is 6.04 Å². The van der Waals surface area contributed by atoms with Crippen LogP contribution in [0.4, 0.5) is 0 Å². The third kappa shape index (κ3) is 2.23. The maximum absolute atomic E-state index is 4.11. The Kier molecular flexibility index (Phi) is 2.81. The van der Waals surface area contributed by atoms with Crippen molar-refractivity contribution in [1.29, 1.82) is 0 Å². The Bertz CT molecular complexity index is 375. The van der Waals surface area contributed by atoms with E-state index < -0.39 is 0 Å². The molecule has 1 aliphatic rings. The minimum Gasteiger partial charge on any atom is -0.382 e. The minimum atomic E-state index is 0.666. The number of hydrogen-bond donors (Lipinski definition) is 1. The lowest BCUT2D eigenvalue weighted by Crippen LogP contribution is -2.33. The van der Waals surface area contributed by atoms with Crippen LogP contribution in [-0.4, -0.2) is 6.04 Å². The van der Waals surface area contributed by atoms with Crippen LogP contribution in [0.25, 0.3) is 5.70 Å². The van der Waals surface area contributed by atoms with Gasteiger partial charge in [-0.25, -0.2) is 0 Å². The third-order valence-corrected chi connectivity index (χ3v) is 3.34. The van der Waals surface area contributed by atoms with Gasteiger partial charge in [-0.15, -0.1) is 0 Å². The highest BCUT2D eigenvalue weighted by atomic mass is 14.9. The fourth-order valence-electron chi connectivity index (χ4n) is 1.81. The molecule has 15 heavy (non-hydrogen) atoms. The Labute approximate surface area is 92.2 Å². The summed E-state index contributed by atoms with van der Waals surface area (Å²) in [4.78, 5) is 0. The van der Waals surface area contributed by atoms with Crippen LogP contribution in [0, 0.1) is 13.8 Å². The summed E-state index contributed by atoms with van der Waals surface area (Å²) in [6.07, 6.45) is 3.95. The molecule has 1 saturated carbocycles. The van der Waals surface area contributed by atoms with Crippen LogP contribution in [0.1, 0.15) is 36.0 Å². The van der Waals surface area contributed by atoms with Crippen LogP contribution in [0.5, 0.6) is 0 Å². The molecule has 1 aromatic rings.